The third-order valence-electron chi connectivity index (χ3n) is 3.83. The Kier molecular flexibility index (Phi) is 2.41. The first kappa shape index (κ1) is 11.8. The van der Waals surface area contributed by atoms with Crippen LogP contribution < -0.4 is 11.5 Å². The van der Waals surface area contributed by atoms with Crippen molar-refractivity contribution in [3.8, 4) is 22.4 Å². The van der Waals surface area contributed by atoms with E-state index in [1.807, 2.05) is 24.3 Å². The number of anilines is 2. The molecule has 4 rings (SSSR count). The van der Waals surface area contributed by atoms with Crippen molar-refractivity contribution in [1.82, 2.24) is 15.4 Å². The maximum Gasteiger partial charge on any atom is 0.0963 e. The highest BCUT2D eigenvalue weighted by molar-refractivity contribution is 5.89. The van der Waals surface area contributed by atoms with Gasteiger partial charge in [0.1, 0.15) is 0 Å². The fraction of sp³-hybridized carbons (Fsp3) is 0.0625. The molecule has 0 bridgehead atoms. The maximum absolute atomic E-state index is 6.16. The van der Waals surface area contributed by atoms with Crippen LogP contribution in [0.5, 0.6) is 0 Å². The summed E-state index contributed by atoms with van der Waals surface area (Å²) in [5.74, 6) is 0. The minimum Gasteiger partial charge on any atom is -0.399 e. The monoisotopic (exact) mass is 275 g/mol. The van der Waals surface area contributed by atoms with E-state index in [1.165, 1.54) is 11.1 Å². The summed E-state index contributed by atoms with van der Waals surface area (Å²) in [7, 11) is 0. The molecule has 1 aliphatic carbocycles. The van der Waals surface area contributed by atoms with Crippen LogP contribution in [0.2, 0.25) is 0 Å². The van der Waals surface area contributed by atoms with E-state index in [1.54, 1.807) is 6.20 Å². The zero-order valence-corrected chi connectivity index (χ0v) is 11.2. The van der Waals surface area contributed by atoms with Crippen molar-refractivity contribution in [2.45, 2.75) is 6.42 Å². The van der Waals surface area contributed by atoms with Crippen LogP contribution >= 0.6 is 0 Å². The van der Waals surface area contributed by atoms with Crippen LogP contribution in [0.25, 0.3) is 22.4 Å². The lowest BCUT2D eigenvalue weighted by Crippen LogP contribution is -1.95. The van der Waals surface area contributed by atoms with Gasteiger partial charge in [0.25, 0.3) is 0 Å². The molecular formula is C16H13N5. The largest absolute Gasteiger partial charge is 0.399 e. The molecule has 5 heteroatoms. The SMILES string of the molecule is Nc1cc(N)c2c(c1)Cc1ccc(-c3ccnnn3)cc1-2. The molecule has 102 valence electrons. The van der Waals surface area contributed by atoms with E-state index in [2.05, 4.69) is 27.5 Å². The second kappa shape index (κ2) is 4.28. The molecule has 2 aromatic carbocycles. The van der Waals surface area contributed by atoms with Crippen molar-refractivity contribution in [2.24, 2.45) is 0 Å². The summed E-state index contributed by atoms with van der Waals surface area (Å²) in [6.45, 7) is 0. The lowest BCUT2D eigenvalue weighted by molar-refractivity contribution is 0.870. The van der Waals surface area contributed by atoms with Gasteiger partial charge in [-0.1, -0.05) is 12.1 Å². The first-order chi connectivity index (χ1) is 10.2. The van der Waals surface area contributed by atoms with Crippen LogP contribution in [-0.4, -0.2) is 15.4 Å². The Hall–Kier alpha value is -2.95. The third-order valence-corrected chi connectivity index (χ3v) is 3.83. The van der Waals surface area contributed by atoms with Gasteiger partial charge in [0.2, 0.25) is 0 Å². The Labute approximate surface area is 121 Å². The molecule has 0 amide bonds. The van der Waals surface area contributed by atoms with Gasteiger partial charge in [0.15, 0.2) is 0 Å². The lowest BCUT2D eigenvalue weighted by Gasteiger charge is -2.08. The Balaban J connectivity index is 1.91. The number of nitrogen functional groups attached to an aromatic ring is 2. The second-order valence-corrected chi connectivity index (χ2v) is 5.20. The number of nitrogens with two attached hydrogens (primary N) is 2. The van der Waals surface area contributed by atoms with Gasteiger partial charge in [-0.3, -0.25) is 0 Å². The summed E-state index contributed by atoms with van der Waals surface area (Å²) in [6, 6.07) is 11.9. The first-order valence-corrected chi connectivity index (χ1v) is 6.68. The van der Waals surface area contributed by atoms with E-state index in [-0.39, 0.29) is 0 Å². The van der Waals surface area contributed by atoms with E-state index in [0.717, 1.165) is 34.5 Å². The number of hydrogen-bond acceptors (Lipinski definition) is 5. The van der Waals surface area contributed by atoms with Crippen molar-refractivity contribution in [2.75, 3.05) is 11.5 Å². The summed E-state index contributed by atoms with van der Waals surface area (Å²) in [5, 5.41) is 11.4. The topological polar surface area (TPSA) is 90.7 Å². The van der Waals surface area contributed by atoms with Crippen LogP contribution in [0.15, 0.2) is 42.6 Å². The van der Waals surface area contributed by atoms with Crippen molar-refractivity contribution in [3.05, 3.63) is 53.7 Å². The molecule has 0 atom stereocenters. The fourth-order valence-electron chi connectivity index (χ4n) is 2.94. The van der Waals surface area contributed by atoms with Gasteiger partial charge in [0, 0.05) is 22.5 Å². The van der Waals surface area contributed by atoms with E-state index >= 15 is 0 Å². The van der Waals surface area contributed by atoms with E-state index in [4.69, 9.17) is 11.5 Å². The van der Waals surface area contributed by atoms with Gasteiger partial charge in [-0.15, -0.1) is 10.2 Å². The highest BCUT2D eigenvalue weighted by atomic mass is 15.3. The summed E-state index contributed by atoms with van der Waals surface area (Å²) >= 11 is 0. The molecule has 5 nitrogen and oxygen atoms in total. The predicted molar refractivity (Wildman–Crippen MR) is 82.3 cm³/mol. The standard InChI is InChI=1S/C16H13N5/c17-12-6-11-5-9-1-2-10(15-3-4-19-21-20-15)7-13(9)16(11)14(18)8-12/h1-4,6-8H,5,17-18H2. The number of rotatable bonds is 1. The number of hydrogen-bond donors (Lipinski definition) is 2. The smallest absolute Gasteiger partial charge is 0.0963 e. The molecule has 0 unspecified atom stereocenters. The average Bonchev–Trinajstić information content (AvgIpc) is 2.85. The lowest BCUT2D eigenvalue weighted by atomic mass is 10.00. The zero-order valence-electron chi connectivity index (χ0n) is 11.2. The van der Waals surface area contributed by atoms with Crippen LogP contribution in [0.3, 0.4) is 0 Å². The Morgan fingerprint density at radius 3 is 2.67 bits per heavy atom. The molecule has 1 aromatic heterocycles. The zero-order chi connectivity index (χ0) is 14.4. The molecule has 0 fully saturated rings. The molecule has 1 aliphatic rings. The Morgan fingerprint density at radius 2 is 1.86 bits per heavy atom. The molecule has 0 saturated carbocycles. The van der Waals surface area contributed by atoms with Gasteiger partial charge < -0.3 is 11.5 Å². The molecule has 3 aromatic rings. The average molecular weight is 275 g/mol. The van der Waals surface area contributed by atoms with Crippen LogP contribution in [0.1, 0.15) is 11.1 Å². The van der Waals surface area contributed by atoms with E-state index in [0.29, 0.717) is 5.69 Å². The molecule has 1 heterocycles. The molecule has 0 radical (unpaired) electrons. The van der Waals surface area contributed by atoms with Crippen LogP contribution in [-0.2, 0) is 6.42 Å². The maximum atomic E-state index is 6.16. The van der Waals surface area contributed by atoms with Crippen LogP contribution in [0, 0.1) is 0 Å². The summed E-state index contributed by atoms with van der Waals surface area (Å²) in [6.07, 6.45) is 2.50. The first-order valence-electron chi connectivity index (χ1n) is 6.68. The van der Waals surface area contributed by atoms with Crippen molar-refractivity contribution < 1.29 is 0 Å². The number of nitrogens with zero attached hydrogens (tertiary/aromatic N) is 3. The quantitative estimate of drug-likeness (QED) is 0.520. The molecule has 0 aliphatic heterocycles. The highest BCUT2D eigenvalue weighted by Gasteiger charge is 2.22. The minimum atomic E-state index is 0.708. The number of fused-ring (bicyclic) bond motifs is 3. The highest BCUT2D eigenvalue weighted by Crippen LogP contribution is 2.42. The number of benzene rings is 2. The predicted octanol–water partition coefficient (Wildman–Crippen LogP) is 2.27. The minimum absolute atomic E-state index is 0.708. The van der Waals surface area contributed by atoms with Crippen molar-refractivity contribution >= 4 is 11.4 Å². The summed E-state index contributed by atoms with van der Waals surface area (Å²) < 4.78 is 0. The fourth-order valence-corrected chi connectivity index (χ4v) is 2.94. The Morgan fingerprint density at radius 1 is 0.952 bits per heavy atom. The molecule has 0 saturated heterocycles. The normalized spacial score (nSPS) is 12.0. The van der Waals surface area contributed by atoms with Gasteiger partial charge in [-0.25, -0.2) is 0 Å². The third kappa shape index (κ3) is 1.82. The van der Waals surface area contributed by atoms with E-state index < -0.39 is 0 Å². The van der Waals surface area contributed by atoms with Crippen LogP contribution in [0.4, 0.5) is 11.4 Å². The Bertz CT molecular complexity index is 843. The van der Waals surface area contributed by atoms with Gasteiger partial charge in [0.05, 0.1) is 11.9 Å². The molecule has 21 heavy (non-hydrogen) atoms. The number of aromatic nitrogens is 3. The van der Waals surface area contributed by atoms with Gasteiger partial charge in [-0.2, -0.15) is 0 Å². The van der Waals surface area contributed by atoms with E-state index in [9.17, 15) is 0 Å². The van der Waals surface area contributed by atoms with Gasteiger partial charge >= 0.3 is 0 Å². The molecular weight excluding hydrogens is 262 g/mol. The van der Waals surface area contributed by atoms with Gasteiger partial charge in [-0.05, 0) is 52.6 Å². The van der Waals surface area contributed by atoms with Crippen molar-refractivity contribution in [3.63, 3.8) is 0 Å². The summed E-state index contributed by atoms with van der Waals surface area (Å²) in [4.78, 5) is 0. The summed E-state index contributed by atoms with van der Waals surface area (Å²) in [5.41, 5.74) is 20.0. The second-order valence-electron chi connectivity index (χ2n) is 5.20. The molecule has 4 N–H and O–H groups in total. The van der Waals surface area contributed by atoms with Crippen molar-refractivity contribution in [1.29, 1.82) is 0 Å². The molecule has 0 spiro atoms.